The van der Waals surface area contributed by atoms with Gasteiger partial charge in [0.15, 0.2) is 12.4 Å². The smallest absolute Gasteiger partial charge is 0.375 e. The highest BCUT2D eigenvalue weighted by Crippen LogP contribution is 2.27. The minimum absolute atomic E-state index is 0.0845. The van der Waals surface area contributed by atoms with E-state index in [1.807, 2.05) is 36.4 Å². The summed E-state index contributed by atoms with van der Waals surface area (Å²) in [7, 11) is 1.55. The number of para-hydroxylation sites is 1. The molecule has 1 aromatic heterocycles. The minimum Gasteiger partial charge on any atom is -0.451 e. The summed E-state index contributed by atoms with van der Waals surface area (Å²) in [5, 5.41) is 0.803. The molecule has 4 rings (SSSR count). The number of fused-ring (bicyclic) bond motifs is 2. The van der Waals surface area contributed by atoms with Gasteiger partial charge in [0.2, 0.25) is 5.76 Å². The molecule has 3 aromatic rings. The molecule has 0 amide bonds. The molecule has 0 N–H and O–H groups in total. The second-order valence-corrected chi connectivity index (χ2v) is 7.03. The molecule has 28 heavy (non-hydrogen) atoms. The summed E-state index contributed by atoms with van der Waals surface area (Å²) in [6.45, 7) is -0.0959. The number of aryl methyl sites for hydroxylation is 2. The van der Waals surface area contributed by atoms with E-state index in [9.17, 15) is 9.59 Å². The molecule has 0 aliphatic heterocycles. The molecule has 0 saturated carbocycles. The highest BCUT2D eigenvalue weighted by Gasteiger charge is 2.23. The second kappa shape index (κ2) is 7.98. The Bertz CT molecular complexity index is 1030. The Morgan fingerprint density at radius 1 is 1.04 bits per heavy atom. The quantitative estimate of drug-likeness (QED) is 0.467. The number of carbonyl (C=O) groups is 2. The summed E-state index contributed by atoms with van der Waals surface area (Å²) in [4.78, 5) is 25.1. The normalized spacial score (nSPS) is 13.3. The molecule has 2 aromatic carbocycles. The zero-order valence-electron chi connectivity index (χ0n) is 15.8. The van der Waals surface area contributed by atoms with Crippen molar-refractivity contribution in [2.75, 3.05) is 13.7 Å². The fourth-order valence-electron chi connectivity index (χ4n) is 3.74. The molecule has 1 aliphatic rings. The van der Waals surface area contributed by atoms with Gasteiger partial charge in [-0.15, -0.1) is 0 Å². The first-order valence-electron chi connectivity index (χ1n) is 9.49. The highest BCUT2D eigenvalue weighted by atomic mass is 16.5. The number of methoxy groups -OCH3 is 1. The fraction of sp³-hybridized carbons (Fsp3) is 0.304. The minimum atomic E-state index is -0.658. The van der Waals surface area contributed by atoms with Crippen molar-refractivity contribution in [3.63, 3.8) is 0 Å². The van der Waals surface area contributed by atoms with Gasteiger partial charge >= 0.3 is 5.97 Å². The van der Waals surface area contributed by atoms with Gasteiger partial charge in [-0.1, -0.05) is 30.3 Å². The Hall–Kier alpha value is -2.92. The van der Waals surface area contributed by atoms with Gasteiger partial charge in [0.05, 0.1) is 6.61 Å². The molecule has 0 saturated heterocycles. The van der Waals surface area contributed by atoms with Gasteiger partial charge in [-0.05, 0) is 48.9 Å². The maximum Gasteiger partial charge on any atom is 0.375 e. The van der Waals surface area contributed by atoms with E-state index in [-0.39, 0.29) is 24.8 Å². The van der Waals surface area contributed by atoms with Gasteiger partial charge < -0.3 is 13.9 Å². The van der Waals surface area contributed by atoms with Crippen molar-refractivity contribution < 1.29 is 23.5 Å². The molecule has 0 fully saturated rings. The summed E-state index contributed by atoms with van der Waals surface area (Å²) < 4.78 is 16.1. The van der Waals surface area contributed by atoms with Crippen LogP contribution in [-0.2, 0) is 28.9 Å². The SMILES string of the molecule is COCc1c(C(=O)OCC(=O)c2ccc3c(c2)CCCC3)oc2ccccc12. The molecular formula is C23H22O5. The van der Waals surface area contributed by atoms with Gasteiger partial charge in [-0.25, -0.2) is 4.79 Å². The number of benzene rings is 2. The third-order valence-electron chi connectivity index (χ3n) is 5.18. The summed E-state index contributed by atoms with van der Waals surface area (Å²) >= 11 is 0. The largest absolute Gasteiger partial charge is 0.451 e. The van der Waals surface area contributed by atoms with E-state index in [0.717, 1.165) is 24.6 Å². The van der Waals surface area contributed by atoms with Crippen LogP contribution in [0.25, 0.3) is 11.0 Å². The average molecular weight is 378 g/mol. The number of rotatable bonds is 6. The Morgan fingerprint density at radius 3 is 2.64 bits per heavy atom. The van der Waals surface area contributed by atoms with Gasteiger partial charge in [0, 0.05) is 23.6 Å². The van der Waals surface area contributed by atoms with Crippen molar-refractivity contribution in [3.8, 4) is 0 Å². The van der Waals surface area contributed by atoms with Crippen LogP contribution in [0.5, 0.6) is 0 Å². The lowest BCUT2D eigenvalue weighted by Crippen LogP contribution is -2.16. The number of carbonyl (C=O) groups excluding carboxylic acids is 2. The molecular weight excluding hydrogens is 356 g/mol. The average Bonchev–Trinajstić information content (AvgIpc) is 3.10. The van der Waals surface area contributed by atoms with Crippen LogP contribution in [0.2, 0.25) is 0 Å². The van der Waals surface area contributed by atoms with Crippen molar-refractivity contribution in [1.82, 2.24) is 0 Å². The van der Waals surface area contributed by atoms with Crippen molar-refractivity contribution in [2.45, 2.75) is 32.3 Å². The number of hydrogen-bond acceptors (Lipinski definition) is 5. The standard InChI is InChI=1S/C23H22O5/c1-26-13-19-18-8-4-5-9-21(18)28-22(19)23(25)27-14-20(24)17-11-10-15-6-2-3-7-16(15)12-17/h4-5,8-12H,2-3,6-7,13-14H2,1H3. The van der Waals surface area contributed by atoms with Crippen LogP contribution in [0.1, 0.15) is 50.4 Å². The summed E-state index contributed by atoms with van der Waals surface area (Å²) in [5.74, 6) is -0.790. The lowest BCUT2D eigenvalue weighted by atomic mass is 9.90. The Balaban J connectivity index is 1.49. The molecule has 5 nitrogen and oxygen atoms in total. The van der Waals surface area contributed by atoms with Gasteiger partial charge in [0.1, 0.15) is 5.58 Å². The van der Waals surface area contributed by atoms with Crippen molar-refractivity contribution in [2.24, 2.45) is 0 Å². The third-order valence-corrected chi connectivity index (χ3v) is 5.18. The van der Waals surface area contributed by atoms with Crippen LogP contribution < -0.4 is 0 Å². The van der Waals surface area contributed by atoms with Crippen LogP contribution in [0.15, 0.2) is 46.9 Å². The monoisotopic (exact) mass is 378 g/mol. The number of ether oxygens (including phenoxy) is 2. The zero-order valence-corrected chi connectivity index (χ0v) is 15.8. The predicted octanol–water partition coefficient (Wildman–Crippen LogP) is 4.50. The van der Waals surface area contributed by atoms with Crippen LogP contribution in [0.4, 0.5) is 0 Å². The summed E-state index contributed by atoms with van der Waals surface area (Å²) in [6.07, 6.45) is 4.40. The first-order chi connectivity index (χ1) is 13.7. The lowest BCUT2D eigenvalue weighted by molar-refractivity contribution is 0.0441. The number of esters is 1. The van der Waals surface area contributed by atoms with E-state index in [4.69, 9.17) is 13.9 Å². The Kier molecular flexibility index (Phi) is 5.26. The van der Waals surface area contributed by atoms with Crippen LogP contribution in [0, 0.1) is 0 Å². The molecule has 5 heteroatoms. The Morgan fingerprint density at radius 2 is 1.82 bits per heavy atom. The predicted molar refractivity (Wildman–Crippen MR) is 105 cm³/mol. The van der Waals surface area contributed by atoms with E-state index < -0.39 is 5.97 Å². The number of Topliss-reactive ketones (excluding diaryl/α,β-unsaturated/α-hetero) is 1. The zero-order chi connectivity index (χ0) is 19.5. The summed E-state index contributed by atoms with van der Waals surface area (Å²) in [6, 6.07) is 13.1. The van der Waals surface area contributed by atoms with Crippen LogP contribution in [0.3, 0.4) is 0 Å². The molecule has 0 atom stereocenters. The van der Waals surface area contributed by atoms with Gasteiger partial charge in [-0.2, -0.15) is 0 Å². The number of ketones is 1. The van der Waals surface area contributed by atoms with E-state index in [1.165, 1.54) is 17.5 Å². The van der Waals surface area contributed by atoms with Crippen LogP contribution >= 0.6 is 0 Å². The highest BCUT2D eigenvalue weighted by molar-refractivity contribution is 6.00. The first kappa shape index (κ1) is 18.4. The maximum absolute atomic E-state index is 12.6. The molecule has 0 radical (unpaired) electrons. The van der Waals surface area contributed by atoms with E-state index in [2.05, 4.69) is 0 Å². The summed E-state index contributed by atoms with van der Waals surface area (Å²) in [5.41, 5.74) is 4.33. The van der Waals surface area contributed by atoms with Crippen LogP contribution in [-0.4, -0.2) is 25.5 Å². The second-order valence-electron chi connectivity index (χ2n) is 7.03. The first-order valence-corrected chi connectivity index (χ1v) is 9.49. The Labute approximate surface area is 163 Å². The van der Waals surface area contributed by atoms with E-state index in [1.54, 1.807) is 13.2 Å². The fourth-order valence-corrected chi connectivity index (χ4v) is 3.74. The maximum atomic E-state index is 12.6. The van der Waals surface area contributed by atoms with Gasteiger partial charge in [0.25, 0.3) is 0 Å². The number of hydrogen-bond donors (Lipinski definition) is 0. The molecule has 144 valence electrons. The third kappa shape index (κ3) is 3.58. The van der Waals surface area contributed by atoms with Crippen molar-refractivity contribution in [1.29, 1.82) is 0 Å². The number of furan rings is 1. The van der Waals surface area contributed by atoms with E-state index >= 15 is 0 Å². The molecule has 0 bridgehead atoms. The lowest BCUT2D eigenvalue weighted by Gasteiger charge is -2.16. The van der Waals surface area contributed by atoms with Crippen molar-refractivity contribution in [3.05, 3.63) is 70.5 Å². The van der Waals surface area contributed by atoms with E-state index in [0.29, 0.717) is 16.7 Å². The molecule has 1 heterocycles. The molecule has 0 spiro atoms. The molecule has 0 unspecified atom stereocenters. The van der Waals surface area contributed by atoms with Crippen molar-refractivity contribution >= 4 is 22.7 Å². The topological polar surface area (TPSA) is 65.7 Å². The molecule has 1 aliphatic carbocycles. The van der Waals surface area contributed by atoms with Gasteiger partial charge in [-0.3, -0.25) is 4.79 Å².